The molecule has 3 heterocycles. The van der Waals surface area contributed by atoms with Gasteiger partial charge in [0.25, 0.3) is 0 Å². The van der Waals surface area contributed by atoms with E-state index in [1.807, 2.05) is 6.07 Å². The van der Waals surface area contributed by atoms with Crippen LogP contribution in [0.2, 0.25) is 0 Å². The molecule has 0 fully saturated rings. The van der Waals surface area contributed by atoms with E-state index in [4.69, 9.17) is 24.4 Å². The summed E-state index contributed by atoms with van der Waals surface area (Å²) in [6.45, 7) is 4.18. The van der Waals surface area contributed by atoms with E-state index in [-0.39, 0.29) is 0 Å². The second-order valence-corrected chi connectivity index (χ2v) is 17.1. The smallest absolute Gasteiger partial charge is 0.164 e. The van der Waals surface area contributed by atoms with Gasteiger partial charge >= 0.3 is 0 Å². The molecule has 65 heavy (non-hydrogen) atoms. The normalized spacial score (nSPS) is 11.8. The number of para-hydroxylation sites is 2. The maximum Gasteiger partial charge on any atom is 0.164 e. The lowest BCUT2D eigenvalue weighted by molar-refractivity contribution is 0.669. The number of hydrogen-bond donors (Lipinski definition) is 0. The van der Waals surface area contributed by atoms with Crippen molar-refractivity contribution < 1.29 is 4.42 Å². The first kappa shape index (κ1) is 37.1. The minimum Gasteiger partial charge on any atom is -0.456 e. The molecule has 13 aromatic rings. The zero-order valence-electron chi connectivity index (χ0n) is 35.7. The zero-order chi connectivity index (χ0) is 43.2. The third-order valence-corrected chi connectivity index (χ3v) is 13.0. The third kappa shape index (κ3) is 6.01. The number of furan rings is 1. The maximum absolute atomic E-state index is 6.80. The van der Waals surface area contributed by atoms with Crippen molar-refractivity contribution in [2.45, 2.75) is 13.8 Å². The SMILES string of the molecule is Cc1ccc(-c2nc(-c3ccc(C)cc3)nc(-c3cccc(-c4c5c(cc6c(-c7ccc8c9ccccc9c9ccccc9c8c7)nc7ccccc7c46)oc4ccccc45)c3)n2)cc1. The lowest BCUT2D eigenvalue weighted by atomic mass is 9.88. The summed E-state index contributed by atoms with van der Waals surface area (Å²) in [5.74, 6) is 1.86. The Morgan fingerprint density at radius 3 is 1.46 bits per heavy atom. The summed E-state index contributed by atoms with van der Waals surface area (Å²) in [7, 11) is 0. The molecule has 0 spiro atoms. The number of aryl methyl sites for hydroxylation is 2. The van der Waals surface area contributed by atoms with Crippen LogP contribution in [-0.2, 0) is 0 Å². The molecule has 13 rings (SSSR count). The van der Waals surface area contributed by atoms with Crippen molar-refractivity contribution in [2.24, 2.45) is 0 Å². The van der Waals surface area contributed by atoms with Crippen molar-refractivity contribution in [1.29, 1.82) is 0 Å². The molecule has 10 aromatic carbocycles. The summed E-state index contributed by atoms with van der Waals surface area (Å²) in [6.07, 6.45) is 0. The summed E-state index contributed by atoms with van der Waals surface area (Å²) in [5.41, 5.74) is 11.7. The Morgan fingerprint density at radius 2 is 0.815 bits per heavy atom. The van der Waals surface area contributed by atoms with Gasteiger partial charge in [-0.2, -0.15) is 0 Å². The Labute approximate surface area is 374 Å². The maximum atomic E-state index is 6.80. The second-order valence-electron chi connectivity index (χ2n) is 17.1. The number of pyridine rings is 1. The number of hydrogen-bond acceptors (Lipinski definition) is 5. The summed E-state index contributed by atoms with van der Waals surface area (Å²) in [6, 6.07) is 68.7. The lowest BCUT2D eigenvalue weighted by Crippen LogP contribution is -2.00. The van der Waals surface area contributed by atoms with Crippen molar-refractivity contribution >= 4 is 75.9 Å². The molecule has 304 valence electrons. The fraction of sp³-hybridized carbons (Fsp3) is 0.0333. The lowest BCUT2D eigenvalue weighted by Gasteiger charge is -2.17. The average molecular weight is 831 g/mol. The third-order valence-electron chi connectivity index (χ3n) is 13.0. The van der Waals surface area contributed by atoms with Gasteiger partial charge in [-0.3, -0.25) is 0 Å². The highest BCUT2D eigenvalue weighted by Crippen LogP contribution is 2.47. The number of fused-ring (bicyclic) bond motifs is 12. The molecule has 5 heteroatoms. The Morgan fingerprint density at radius 1 is 0.308 bits per heavy atom. The van der Waals surface area contributed by atoms with Crippen molar-refractivity contribution in [3.8, 4) is 56.5 Å². The van der Waals surface area contributed by atoms with E-state index in [0.29, 0.717) is 17.5 Å². The highest BCUT2D eigenvalue weighted by Gasteiger charge is 2.23. The van der Waals surface area contributed by atoms with Gasteiger partial charge in [0.05, 0.1) is 11.2 Å². The molecular weight excluding hydrogens is 793 g/mol. The van der Waals surface area contributed by atoms with Crippen molar-refractivity contribution in [3.63, 3.8) is 0 Å². The van der Waals surface area contributed by atoms with E-state index in [1.54, 1.807) is 0 Å². The fourth-order valence-corrected chi connectivity index (χ4v) is 9.86. The molecule has 0 saturated carbocycles. The van der Waals surface area contributed by atoms with Gasteiger partial charge in [-0.05, 0) is 82.1 Å². The highest BCUT2D eigenvalue weighted by molar-refractivity contribution is 6.29. The molecule has 0 unspecified atom stereocenters. The molecule has 3 aromatic heterocycles. The first-order valence-electron chi connectivity index (χ1n) is 22.0. The van der Waals surface area contributed by atoms with E-state index >= 15 is 0 Å². The Bertz CT molecular complexity index is 3980. The topological polar surface area (TPSA) is 64.7 Å². The molecule has 0 aliphatic rings. The van der Waals surface area contributed by atoms with Gasteiger partial charge in [0.2, 0.25) is 0 Å². The summed E-state index contributed by atoms with van der Waals surface area (Å²) in [4.78, 5) is 20.9. The predicted octanol–water partition coefficient (Wildman–Crippen LogP) is 15.9. The molecule has 0 atom stereocenters. The Balaban J connectivity index is 1.10. The standard InChI is InChI=1S/C60H38N4O/c1-35-22-26-37(27-23-35)58-62-59(38-28-24-36(2)25-29-38)64-60(63-58)41-13-11-12-39(32-41)54-55-47-18-7-9-20-51(47)61-57(50(55)34-53-56(54)48-19-8-10-21-52(48)65-53)40-30-31-46-44-16-4-3-14-42(44)43-15-5-6-17-45(43)49(46)33-40/h3-34H,1-2H3. The van der Waals surface area contributed by atoms with E-state index < -0.39 is 0 Å². The highest BCUT2D eigenvalue weighted by atomic mass is 16.3. The van der Waals surface area contributed by atoms with Crippen LogP contribution < -0.4 is 0 Å². The molecule has 0 radical (unpaired) electrons. The molecule has 0 saturated heterocycles. The Kier molecular flexibility index (Phi) is 8.27. The summed E-state index contributed by atoms with van der Waals surface area (Å²) in [5, 5.41) is 12.7. The average Bonchev–Trinajstić information content (AvgIpc) is 3.74. The van der Waals surface area contributed by atoms with Crippen molar-refractivity contribution in [2.75, 3.05) is 0 Å². The molecule has 0 bridgehead atoms. The van der Waals surface area contributed by atoms with Gasteiger partial charge in [0.1, 0.15) is 11.2 Å². The van der Waals surface area contributed by atoms with Crippen LogP contribution in [0.15, 0.2) is 199 Å². The summed E-state index contributed by atoms with van der Waals surface area (Å²) < 4.78 is 6.80. The van der Waals surface area contributed by atoms with Crippen LogP contribution in [0, 0.1) is 13.8 Å². The van der Waals surface area contributed by atoms with Crippen molar-refractivity contribution in [3.05, 3.63) is 205 Å². The van der Waals surface area contributed by atoms with Gasteiger partial charge in [-0.15, -0.1) is 0 Å². The van der Waals surface area contributed by atoms with Crippen molar-refractivity contribution in [1.82, 2.24) is 19.9 Å². The van der Waals surface area contributed by atoms with Crippen LogP contribution >= 0.6 is 0 Å². The van der Waals surface area contributed by atoms with Gasteiger partial charge in [-0.25, -0.2) is 19.9 Å². The van der Waals surface area contributed by atoms with E-state index in [0.717, 1.165) is 82.7 Å². The number of benzene rings is 10. The summed E-state index contributed by atoms with van der Waals surface area (Å²) >= 11 is 0. The zero-order valence-corrected chi connectivity index (χ0v) is 35.7. The minimum atomic E-state index is 0.602. The van der Waals surface area contributed by atoms with E-state index in [2.05, 4.69) is 202 Å². The minimum absolute atomic E-state index is 0.602. The van der Waals surface area contributed by atoms with Crippen LogP contribution in [0.4, 0.5) is 0 Å². The van der Waals surface area contributed by atoms with Crippen LogP contribution in [0.5, 0.6) is 0 Å². The molecule has 0 amide bonds. The predicted molar refractivity (Wildman–Crippen MR) is 269 cm³/mol. The van der Waals surface area contributed by atoms with Crippen LogP contribution in [0.25, 0.3) is 132 Å². The van der Waals surface area contributed by atoms with E-state index in [9.17, 15) is 0 Å². The van der Waals surface area contributed by atoms with Gasteiger partial charge < -0.3 is 4.42 Å². The second kappa shape index (κ2) is 14.5. The number of nitrogens with zero attached hydrogens (tertiary/aromatic N) is 4. The van der Waals surface area contributed by atoms with Gasteiger partial charge in [-0.1, -0.05) is 175 Å². The Hall–Kier alpha value is -8.54. The van der Waals surface area contributed by atoms with Gasteiger partial charge in [0, 0.05) is 54.7 Å². The number of rotatable bonds is 5. The molecule has 0 N–H and O–H groups in total. The monoisotopic (exact) mass is 830 g/mol. The van der Waals surface area contributed by atoms with E-state index in [1.165, 1.54) is 43.4 Å². The van der Waals surface area contributed by atoms with Crippen LogP contribution in [0.3, 0.4) is 0 Å². The first-order chi connectivity index (χ1) is 32.0. The first-order valence-corrected chi connectivity index (χ1v) is 22.0. The quantitative estimate of drug-likeness (QED) is 0.162. The molecule has 0 aliphatic carbocycles. The van der Waals surface area contributed by atoms with Gasteiger partial charge in [0.15, 0.2) is 17.5 Å². The van der Waals surface area contributed by atoms with Crippen LogP contribution in [0.1, 0.15) is 11.1 Å². The number of aromatic nitrogens is 4. The van der Waals surface area contributed by atoms with Crippen LogP contribution in [-0.4, -0.2) is 19.9 Å². The molecule has 5 nitrogen and oxygen atoms in total. The molecular formula is C60H38N4O. The fourth-order valence-electron chi connectivity index (χ4n) is 9.86. The molecule has 0 aliphatic heterocycles. The largest absolute Gasteiger partial charge is 0.456 e.